The molecule has 0 aromatic heterocycles. The van der Waals surface area contributed by atoms with E-state index in [1.807, 2.05) is 18.2 Å². The summed E-state index contributed by atoms with van der Waals surface area (Å²) in [5.74, 6) is 0. The van der Waals surface area contributed by atoms with E-state index in [0.29, 0.717) is 12.1 Å². The minimum Gasteiger partial charge on any atom is -0.358 e. The molecule has 2 aliphatic rings. The number of piperidine rings is 1. The fourth-order valence-electron chi connectivity index (χ4n) is 3.82. The standard InChI is InChI=1S/C18H27N3S/c22-18(19-15-9-3-1-4-10-15)20-16-11-5-6-12-17(16)21-13-7-2-8-14-21/h1,3-4,9-10,16-17H,2,5-8,11-14H2,(H2,19,20,22)/t16-,17-/m0/s1. The highest BCUT2D eigenvalue weighted by molar-refractivity contribution is 7.80. The van der Waals surface area contributed by atoms with Crippen LogP contribution in [0.4, 0.5) is 5.69 Å². The maximum absolute atomic E-state index is 5.53. The molecule has 1 saturated heterocycles. The number of hydrogen-bond acceptors (Lipinski definition) is 2. The van der Waals surface area contributed by atoms with Crippen molar-refractivity contribution in [3.8, 4) is 0 Å². The fourth-order valence-corrected chi connectivity index (χ4v) is 4.09. The minimum atomic E-state index is 0.496. The fraction of sp³-hybridized carbons (Fsp3) is 0.611. The van der Waals surface area contributed by atoms with E-state index in [4.69, 9.17) is 12.2 Å². The van der Waals surface area contributed by atoms with Gasteiger partial charge in [0.15, 0.2) is 5.11 Å². The van der Waals surface area contributed by atoms with Gasteiger partial charge in [0.1, 0.15) is 0 Å². The summed E-state index contributed by atoms with van der Waals surface area (Å²) in [4.78, 5) is 2.70. The predicted molar refractivity (Wildman–Crippen MR) is 97.3 cm³/mol. The topological polar surface area (TPSA) is 27.3 Å². The summed E-state index contributed by atoms with van der Waals surface area (Å²) in [7, 11) is 0. The Hall–Kier alpha value is -1.13. The van der Waals surface area contributed by atoms with E-state index in [-0.39, 0.29) is 0 Å². The summed E-state index contributed by atoms with van der Waals surface area (Å²) in [6.45, 7) is 2.53. The third-order valence-corrected chi connectivity index (χ3v) is 5.16. The second-order valence-corrected chi connectivity index (χ2v) is 6.93. The molecule has 2 N–H and O–H groups in total. The molecule has 1 saturated carbocycles. The van der Waals surface area contributed by atoms with Crippen molar-refractivity contribution in [2.24, 2.45) is 0 Å². The molecule has 0 bridgehead atoms. The molecule has 1 aromatic rings. The number of nitrogens with zero attached hydrogens (tertiary/aromatic N) is 1. The van der Waals surface area contributed by atoms with Gasteiger partial charge in [-0.1, -0.05) is 37.5 Å². The minimum absolute atomic E-state index is 0.496. The Morgan fingerprint density at radius 2 is 1.68 bits per heavy atom. The van der Waals surface area contributed by atoms with Gasteiger partial charge < -0.3 is 10.6 Å². The molecule has 1 aliphatic heterocycles. The summed E-state index contributed by atoms with van der Waals surface area (Å²) >= 11 is 5.53. The van der Waals surface area contributed by atoms with Gasteiger partial charge in [0, 0.05) is 17.8 Å². The largest absolute Gasteiger partial charge is 0.358 e. The van der Waals surface area contributed by atoms with E-state index >= 15 is 0 Å². The van der Waals surface area contributed by atoms with Crippen LogP contribution in [0.25, 0.3) is 0 Å². The summed E-state index contributed by atoms with van der Waals surface area (Å²) in [5.41, 5.74) is 1.06. The molecule has 120 valence electrons. The Bertz CT molecular complexity index is 470. The number of rotatable bonds is 3. The van der Waals surface area contributed by atoms with Crippen molar-refractivity contribution >= 4 is 23.0 Å². The van der Waals surface area contributed by atoms with Crippen LogP contribution in [0.1, 0.15) is 44.9 Å². The summed E-state index contributed by atoms with van der Waals surface area (Å²) < 4.78 is 0. The maximum atomic E-state index is 5.53. The quantitative estimate of drug-likeness (QED) is 0.830. The predicted octanol–water partition coefficient (Wildman–Crippen LogP) is 3.77. The lowest BCUT2D eigenvalue weighted by Crippen LogP contribution is -2.55. The lowest BCUT2D eigenvalue weighted by Gasteiger charge is -2.42. The van der Waals surface area contributed by atoms with Gasteiger partial charge in [0.25, 0.3) is 0 Å². The highest BCUT2D eigenvalue weighted by Crippen LogP contribution is 2.26. The van der Waals surface area contributed by atoms with Gasteiger partial charge in [-0.25, -0.2) is 0 Å². The Labute approximate surface area is 139 Å². The number of hydrogen-bond donors (Lipinski definition) is 2. The zero-order valence-corrected chi connectivity index (χ0v) is 14.1. The van der Waals surface area contributed by atoms with E-state index in [1.165, 1.54) is 58.0 Å². The van der Waals surface area contributed by atoms with Gasteiger partial charge in [-0.15, -0.1) is 0 Å². The normalized spacial score (nSPS) is 26.4. The number of likely N-dealkylation sites (tertiary alicyclic amines) is 1. The second-order valence-electron chi connectivity index (χ2n) is 6.52. The Balaban J connectivity index is 1.57. The number of nitrogens with one attached hydrogen (secondary N) is 2. The molecule has 1 heterocycles. The van der Waals surface area contributed by atoms with Crippen molar-refractivity contribution in [3.63, 3.8) is 0 Å². The second kappa shape index (κ2) is 7.93. The summed E-state index contributed by atoms with van der Waals surface area (Å²) in [5, 5.41) is 7.67. The molecule has 3 nitrogen and oxygen atoms in total. The molecule has 1 aliphatic carbocycles. The van der Waals surface area contributed by atoms with E-state index in [2.05, 4.69) is 27.7 Å². The molecular formula is C18H27N3S. The van der Waals surface area contributed by atoms with Crippen LogP contribution in [0.15, 0.2) is 30.3 Å². The molecule has 2 atom stereocenters. The van der Waals surface area contributed by atoms with Gasteiger partial charge >= 0.3 is 0 Å². The van der Waals surface area contributed by atoms with Crippen molar-refractivity contribution in [1.29, 1.82) is 0 Å². The Morgan fingerprint density at radius 3 is 2.45 bits per heavy atom. The highest BCUT2D eigenvalue weighted by atomic mass is 32.1. The molecule has 1 aromatic carbocycles. The van der Waals surface area contributed by atoms with Crippen LogP contribution >= 0.6 is 12.2 Å². The zero-order valence-electron chi connectivity index (χ0n) is 13.3. The van der Waals surface area contributed by atoms with Crippen LogP contribution in [0.5, 0.6) is 0 Å². The molecule has 2 fully saturated rings. The van der Waals surface area contributed by atoms with Gasteiger partial charge in [0.05, 0.1) is 0 Å². The first-order valence-corrected chi connectivity index (χ1v) is 9.10. The van der Waals surface area contributed by atoms with Crippen molar-refractivity contribution in [3.05, 3.63) is 30.3 Å². The van der Waals surface area contributed by atoms with Crippen LogP contribution in [0.2, 0.25) is 0 Å². The van der Waals surface area contributed by atoms with E-state index < -0.39 is 0 Å². The van der Waals surface area contributed by atoms with Crippen LogP contribution in [0.3, 0.4) is 0 Å². The van der Waals surface area contributed by atoms with Crippen molar-refractivity contribution in [2.45, 2.75) is 57.0 Å². The SMILES string of the molecule is S=C(Nc1ccccc1)N[C@H]1CCCC[C@@H]1N1CCCCC1. The number of thiocarbonyl (C=S) groups is 1. The smallest absolute Gasteiger partial charge is 0.171 e. The van der Waals surface area contributed by atoms with Crippen molar-refractivity contribution in [2.75, 3.05) is 18.4 Å². The third-order valence-electron chi connectivity index (χ3n) is 4.94. The first-order valence-electron chi connectivity index (χ1n) is 8.69. The van der Waals surface area contributed by atoms with E-state index in [1.54, 1.807) is 0 Å². The Morgan fingerprint density at radius 1 is 0.955 bits per heavy atom. The molecular weight excluding hydrogens is 290 g/mol. The van der Waals surface area contributed by atoms with E-state index in [9.17, 15) is 0 Å². The summed E-state index contributed by atoms with van der Waals surface area (Å²) in [6.07, 6.45) is 9.33. The van der Waals surface area contributed by atoms with E-state index in [0.717, 1.165) is 10.8 Å². The molecule has 0 radical (unpaired) electrons. The lowest BCUT2D eigenvalue weighted by molar-refractivity contribution is 0.108. The molecule has 22 heavy (non-hydrogen) atoms. The first-order chi connectivity index (χ1) is 10.8. The highest BCUT2D eigenvalue weighted by Gasteiger charge is 2.31. The number of anilines is 1. The van der Waals surface area contributed by atoms with Gasteiger partial charge in [-0.3, -0.25) is 4.90 Å². The first kappa shape index (κ1) is 15.8. The number of para-hydroxylation sites is 1. The van der Waals surface area contributed by atoms with Crippen LogP contribution < -0.4 is 10.6 Å². The molecule has 0 unspecified atom stereocenters. The van der Waals surface area contributed by atoms with Crippen LogP contribution in [0, 0.1) is 0 Å². The van der Waals surface area contributed by atoms with Crippen LogP contribution in [-0.2, 0) is 0 Å². The van der Waals surface area contributed by atoms with Crippen molar-refractivity contribution in [1.82, 2.24) is 10.2 Å². The zero-order chi connectivity index (χ0) is 15.2. The third kappa shape index (κ3) is 4.20. The van der Waals surface area contributed by atoms with Gasteiger partial charge in [-0.2, -0.15) is 0 Å². The lowest BCUT2D eigenvalue weighted by atomic mass is 9.88. The van der Waals surface area contributed by atoms with Gasteiger partial charge in [0.2, 0.25) is 0 Å². The average molecular weight is 318 g/mol. The van der Waals surface area contributed by atoms with Gasteiger partial charge in [-0.05, 0) is 63.1 Å². The molecule has 4 heteroatoms. The average Bonchev–Trinajstić information content (AvgIpc) is 2.57. The molecule has 3 rings (SSSR count). The van der Waals surface area contributed by atoms with Crippen molar-refractivity contribution < 1.29 is 0 Å². The van der Waals surface area contributed by atoms with Crippen LogP contribution in [-0.4, -0.2) is 35.2 Å². The summed E-state index contributed by atoms with van der Waals surface area (Å²) in [6, 6.07) is 11.3. The maximum Gasteiger partial charge on any atom is 0.171 e. The monoisotopic (exact) mass is 317 g/mol. The molecule has 0 spiro atoms. The Kier molecular flexibility index (Phi) is 5.68. The number of benzene rings is 1. The molecule has 0 amide bonds.